The largest absolute Gasteiger partial charge is 0.573 e. The minimum absolute atomic E-state index is 0.114. The van der Waals surface area contributed by atoms with E-state index in [0.717, 1.165) is 24.3 Å². The van der Waals surface area contributed by atoms with Gasteiger partial charge < -0.3 is 18.7 Å². The number of aliphatic hydroxyl groups is 1. The van der Waals surface area contributed by atoms with Gasteiger partial charge in [0.1, 0.15) is 17.6 Å². The third-order valence-electron chi connectivity index (χ3n) is 3.55. The molecule has 2 N–H and O–H groups in total. The minimum atomic E-state index is -4.87. The van der Waals surface area contributed by atoms with Crippen LogP contribution in [0.2, 0.25) is 0 Å². The lowest BCUT2D eigenvalue weighted by Gasteiger charge is -2.12. The first kappa shape index (κ1) is 20.0. The molecular formula is C17H14F3NO6S. The Morgan fingerprint density at radius 3 is 2.39 bits per heavy atom. The Labute approximate surface area is 157 Å². The van der Waals surface area contributed by atoms with Crippen molar-refractivity contribution >= 4 is 10.0 Å². The zero-order valence-corrected chi connectivity index (χ0v) is 14.8. The summed E-state index contributed by atoms with van der Waals surface area (Å²) < 4.78 is 77.3. The number of halogens is 3. The third kappa shape index (κ3) is 4.94. The van der Waals surface area contributed by atoms with Crippen LogP contribution in [0.5, 0.6) is 5.75 Å². The van der Waals surface area contributed by atoms with Crippen LogP contribution in [0.1, 0.15) is 11.9 Å². The molecule has 0 aliphatic rings. The molecule has 7 nitrogen and oxygen atoms in total. The van der Waals surface area contributed by atoms with E-state index in [0.29, 0.717) is 11.5 Å². The number of rotatable bonds is 7. The number of alkyl halides is 3. The molecule has 0 spiro atoms. The van der Waals surface area contributed by atoms with Crippen molar-refractivity contribution < 1.29 is 40.3 Å². The van der Waals surface area contributed by atoms with Gasteiger partial charge in [-0.25, -0.2) is 13.1 Å². The number of hydrogen-bond acceptors (Lipinski definition) is 6. The fourth-order valence-corrected chi connectivity index (χ4v) is 3.31. The lowest BCUT2D eigenvalue weighted by Crippen LogP contribution is -2.28. The molecule has 150 valence electrons. The summed E-state index contributed by atoms with van der Waals surface area (Å²) in [6.07, 6.45) is -4.71. The number of aliphatic hydroxyl groups excluding tert-OH is 1. The van der Waals surface area contributed by atoms with Crippen LogP contribution in [-0.4, -0.2) is 26.4 Å². The van der Waals surface area contributed by atoms with Crippen molar-refractivity contribution in [2.45, 2.75) is 17.4 Å². The van der Waals surface area contributed by atoms with E-state index in [-0.39, 0.29) is 10.7 Å². The van der Waals surface area contributed by atoms with E-state index < -0.39 is 34.8 Å². The summed E-state index contributed by atoms with van der Waals surface area (Å²) in [5.41, 5.74) is 0. The maximum Gasteiger partial charge on any atom is 0.573 e. The molecule has 3 aromatic rings. The number of nitrogens with one attached hydrogen (secondary N) is 1. The molecule has 1 atom stereocenters. The van der Waals surface area contributed by atoms with Crippen molar-refractivity contribution in [3.8, 4) is 17.3 Å². The molecule has 0 radical (unpaired) electrons. The van der Waals surface area contributed by atoms with Gasteiger partial charge in [-0.3, -0.25) is 0 Å². The van der Waals surface area contributed by atoms with Crippen molar-refractivity contribution in [3.05, 3.63) is 60.6 Å². The van der Waals surface area contributed by atoms with E-state index in [9.17, 15) is 26.7 Å². The molecule has 3 rings (SSSR count). The van der Waals surface area contributed by atoms with E-state index in [1.54, 1.807) is 18.2 Å². The van der Waals surface area contributed by atoms with Gasteiger partial charge >= 0.3 is 6.36 Å². The summed E-state index contributed by atoms with van der Waals surface area (Å²) in [5, 5.41) is 10.1. The SMILES string of the molecule is O=S(=O)(NCC(O)c1ccc(-c2ccco2)o1)c1ccc(OC(F)(F)F)cc1. The van der Waals surface area contributed by atoms with Gasteiger partial charge in [-0.15, -0.1) is 13.2 Å². The lowest BCUT2D eigenvalue weighted by atomic mass is 10.3. The topological polar surface area (TPSA) is 102 Å². The average Bonchev–Trinajstić information content (AvgIpc) is 3.30. The monoisotopic (exact) mass is 417 g/mol. The lowest BCUT2D eigenvalue weighted by molar-refractivity contribution is -0.274. The normalized spacial score (nSPS) is 13.4. The van der Waals surface area contributed by atoms with Gasteiger partial charge in [-0.1, -0.05) is 0 Å². The third-order valence-corrected chi connectivity index (χ3v) is 4.99. The maximum absolute atomic E-state index is 12.2. The minimum Gasteiger partial charge on any atom is -0.461 e. The molecule has 11 heteroatoms. The molecule has 1 aromatic carbocycles. The molecule has 0 fully saturated rings. The van der Waals surface area contributed by atoms with Crippen LogP contribution in [-0.2, 0) is 10.0 Å². The van der Waals surface area contributed by atoms with Crippen molar-refractivity contribution in [1.82, 2.24) is 4.72 Å². The van der Waals surface area contributed by atoms with Gasteiger partial charge in [0.2, 0.25) is 10.0 Å². The highest BCUT2D eigenvalue weighted by atomic mass is 32.2. The predicted molar refractivity (Wildman–Crippen MR) is 89.7 cm³/mol. The van der Waals surface area contributed by atoms with Crippen molar-refractivity contribution in [1.29, 1.82) is 0 Å². The fraction of sp³-hybridized carbons (Fsp3) is 0.176. The van der Waals surface area contributed by atoms with E-state index >= 15 is 0 Å². The molecule has 0 amide bonds. The highest BCUT2D eigenvalue weighted by molar-refractivity contribution is 7.89. The molecule has 1 unspecified atom stereocenters. The molecule has 28 heavy (non-hydrogen) atoms. The second-order valence-corrected chi connectivity index (χ2v) is 7.33. The Hall–Kier alpha value is -2.76. The second kappa shape index (κ2) is 7.70. The fourth-order valence-electron chi connectivity index (χ4n) is 2.28. The van der Waals surface area contributed by atoms with Crippen molar-refractivity contribution in [2.24, 2.45) is 0 Å². The maximum atomic E-state index is 12.2. The Balaban J connectivity index is 1.63. The number of furan rings is 2. The molecular weight excluding hydrogens is 403 g/mol. The second-order valence-electron chi connectivity index (χ2n) is 5.57. The van der Waals surface area contributed by atoms with Crippen LogP contribution in [0, 0.1) is 0 Å². The zero-order valence-electron chi connectivity index (χ0n) is 14.0. The highest BCUT2D eigenvalue weighted by Crippen LogP contribution is 2.26. The first-order chi connectivity index (χ1) is 13.1. The van der Waals surface area contributed by atoms with Gasteiger partial charge in [-0.2, -0.15) is 0 Å². The van der Waals surface area contributed by atoms with Crippen molar-refractivity contribution in [3.63, 3.8) is 0 Å². The summed E-state index contributed by atoms with van der Waals surface area (Å²) >= 11 is 0. The van der Waals surface area contributed by atoms with Gasteiger partial charge in [0.25, 0.3) is 0 Å². The predicted octanol–water partition coefficient (Wildman–Crippen LogP) is 3.45. The van der Waals surface area contributed by atoms with Crippen LogP contribution >= 0.6 is 0 Å². The summed E-state index contributed by atoms with van der Waals surface area (Å²) in [7, 11) is -4.07. The number of benzene rings is 1. The number of hydrogen-bond donors (Lipinski definition) is 2. The van der Waals surface area contributed by atoms with E-state index in [1.807, 2.05) is 0 Å². The quantitative estimate of drug-likeness (QED) is 0.611. The summed E-state index contributed by atoms with van der Waals surface area (Å²) in [6.45, 7) is -0.408. The van der Waals surface area contributed by atoms with E-state index in [2.05, 4.69) is 9.46 Å². The van der Waals surface area contributed by atoms with E-state index in [4.69, 9.17) is 8.83 Å². The zero-order chi connectivity index (χ0) is 20.4. The van der Waals surface area contributed by atoms with Crippen molar-refractivity contribution in [2.75, 3.05) is 6.54 Å². The van der Waals surface area contributed by atoms with Crippen LogP contribution in [0.15, 0.2) is 68.5 Å². The molecule has 0 aliphatic carbocycles. The van der Waals surface area contributed by atoms with Crippen LogP contribution in [0.25, 0.3) is 11.5 Å². The molecule has 0 saturated heterocycles. The molecule has 0 aliphatic heterocycles. The Morgan fingerprint density at radius 1 is 1.07 bits per heavy atom. The first-order valence-electron chi connectivity index (χ1n) is 7.81. The van der Waals surface area contributed by atoms with Gasteiger partial charge in [0.15, 0.2) is 11.5 Å². The Morgan fingerprint density at radius 2 is 1.79 bits per heavy atom. The Kier molecular flexibility index (Phi) is 5.49. The average molecular weight is 417 g/mol. The molecule has 0 bridgehead atoms. The van der Waals surface area contributed by atoms with E-state index in [1.165, 1.54) is 12.3 Å². The van der Waals surface area contributed by atoms with Gasteiger partial charge in [0.05, 0.1) is 11.2 Å². The molecule has 0 saturated carbocycles. The smallest absolute Gasteiger partial charge is 0.461 e. The Bertz CT molecular complexity index is 1010. The first-order valence-corrected chi connectivity index (χ1v) is 9.29. The summed E-state index contributed by atoms with van der Waals surface area (Å²) in [5.74, 6) is 0.373. The standard InChI is InChI=1S/C17H14F3NO6S/c18-17(19,20)27-11-3-5-12(6-4-11)28(23,24)21-10-13(22)14-7-8-16(26-14)15-2-1-9-25-15/h1-9,13,21-22H,10H2. The summed E-state index contributed by atoms with van der Waals surface area (Å²) in [6, 6.07) is 10.0. The molecule has 2 aromatic heterocycles. The molecule has 2 heterocycles. The number of sulfonamides is 1. The van der Waals surface area contributed by atoms with Gasteiger partial charge in [-0.05, 0) is 48.5 Å². The van der Waals surface area contributed by atoms with Gasteiger partial charge in [0, 0.05) is 6.54 Å². The summed E-state index contributed by atoms with van der Waals surface area (Å²) in [4.78, 5) is -0.287. The van der Waals surface area contributed by atoms with Crippen LogP contribution < -0.4 is 9.46 Å². The van der Waals surface area contributed by atoms with Crippen LogP contribution in [0.3, 0.4) is 0 Å². The van der Waals surface area contributed by atoms with Crippen LogP contribution in [0.4, 0.5) is 13.2 Å². The number of ether oxygens (including phenoxy) is 1. The highest BCUT2D eigenvalue weighted by Gasteiger charge is 2.31.